The Hall–Kier alpha value is -2.47. The number of carbonyl (C=O) groups excluding carboxylic acids is 1. The van der Waals surface area contributed by atoms with Crippen molar-refractivity contribution in [3.05, 3.63) is 53.0 Å². The molecule has 2 aliphatic heterocycles. The van der Waals surface area contributed by atoms with Gasteiger partial charge >= 0.3 is 0 Å². The molecular formula is C23H31N5O. The second-order valence-corrected chi connectivity index (χ2v) is 8.17. The van der Waals surface area contributed by atoms with Crippen molar-refractivity contribution in [3.63, 3.8) is 0 Å². The summed E-state index contributed by atoms with van der Waals surface area (Å²) < 4.78 is 0. The van der Waals surface area contributed by atoms with Crippen LogP contribution in [0.3, 0.4) is 0 Å². The second kappa shape index (κ2) is 8.91. The number of nitrogens with zero attached hydrogens (tertiary/aromatic N) is 4. The van der Waals surface area contributed by atoms with Crippen molar-refractivity contribution < 1.29 is 4.79 Å². The van der Waals surface area contributed by atoms with E-state index in [0.29, 0.717) is 12.5 Å². The number of aromatic nitrogens is 2. The van der Waals surface area contributed by atoms with Crippen LogP contribution < -0.4 is 5.32 Å². The molecule has 1 N–H and O–H groups in total. The zero-order chi connectivity index (χ0) is 20.2. The summed E-state index contributed by atoms with van der Waals surface area (Å²) in [5.74, 6) is 2.34. The van der Waals surface area contributed by atoms with Gasteiger partial charge in [0.2, 0.25) is 5.91 Å². The molecule has 29 heavy (non-hydrogen) atoms. The van der Waals surface area contributed by atoms with Gasteiger partial charge < -0.3 is 15.1 Å². The first-order valence-electron chi connectivity index (χ1n) is 10.7. The normalized spacial score (nSPS) is 19.7. The summed E-state index contributed by atoms with van der Waals surface area (Å²) in [5.41, 5.74) is 3.58. The lowest BCUT2D eigenvalue weighted by atomic mass is 9.95. The quantitative estimate of drug-likeness (QED) is 0.846. The Morgan fingerprint density at radius 2 is 2.03 bits per heavy atom. The molecule has 2 aromatic rings. The Morgan fingerprint density at radius 3 is 2.79 bits per heavy atom. The highest BCUT2D eigenvalue weighted by molar-refractivity contribution is 5.74. The highest BCUT2D eigenvalue weighted by atomic mass is 16.2. The summed E-state index contributed by atoms with van der Waals surface area (Å²) in [7, 11) is 1.91. The smallest absolute Gasteiger partial charge is 0.219 e. The topological polar surface area (TPSA) is 61.4 Å². The number of carbonyl (C=O) groups is 1. The number of rotatable bonds is 5. The van der Waals surface area contributed by atoms with Crippen LogP contribution in [0.4, 0.5) is 5.82 Å². The van der Waals surface area contributed by atoms with Crippen LogP contribution in [0, 0.1) is 0 Å². The van der Waals surface area contributed by atoms with Crippen molar-refractivity contribution in [2.24, 2.45) is 0 Å². The van der Waals surface area contributed by atoms with Crippen LogP contribution >= 0.6 is 0 Å². The average molecular weight is 394 g/mol. The number of nitrogens with one attached hydrogen (secondary N) is 1. The molecule has 1 saturated heterocycles. The number of benzene rings is 1. The van der Waals surface area contributed by atoms with Gasteiger partial charge in [-0.15, -0.1) is 0 Å². The van der Waals surface area contributed by atoms with Crippen molar-refractivity contribution in [1.29, 1.82) is 0 Å². The Labute approximate surface area is 173 Å². The number of likely N-dealkylation sites (tertiary alicyclic amines) is 1. The molecule has 6 heteroatoms. The maximum Gasteiger partial charge on any atom is 0.219 e. The minimum absolute atomic E-state index is 0.114. The number of amides is 1. The van der Waals surface area contributed by atoms with Crippen LogP contribution in [0.5, 0.6) is 0 Å². The molecule has 0 aliphatic carbocycles. The van der Waals surface area contributed by atoms with Gasteiger partial charge in [-0.2, -0.15) is 0 Å². The van der Waals surface area contributed by atoms with E-state index >= 15 is 0 Å². The molecule has 0 saturated carbocycles. The Bertz CT molecular complexity index is 837. The molecule has 1 aromatic carbocycles. The first-order valence-corrected chi connectivity index (χ1v) is 10.7. The minimum atomic E-state index is 0.114. The van der Waals surface area contributed by atoms with E-state index < -0.39 is 0 Å². The molecular weight excluding hydrogens is 362 g/mol. The Balaban J connectivity index is 1.47. The second-order valence-electron chi connectivity index (χ2n) is 8.17. The highest BCUT2D eigenvalue weighted by Crippen LogP contribution is 2.30. The maximum absolute atomic E-state index is 11.8. The largest absolute Gasteiger partial charge is 0.373 e. The number of fused-ring (bicyclic) bond motifs is 1. The van der Waals surface area contributed by atoms with Crippen LogP contribution in [0.15, 0.2) is 30.3 Å². The van der Waals surface area contributed by atoms with E-state index in [1.807, 2.05) is 11.9 Å². The monoisotopic (exact) mass is 393 g/mol. The van der Waals surface area contributed by atoms with Gasteiger partial charge in [0.15, 0.2) is 0 Å². The molecule has 0 unspecified atom stereocenters. The van der Waals surface area contributed by atoms with E-state index in [9.17, 15) is 4.79 Å². The van der Waals surface area contributed by atoms with E-state index in [1.54, 1.807) is 6.92 Å². The zero-order valence-corrected chi connectivity index (χ0v) is 17.5. The molecule has 1 atom stereocenters. The highest BCUT2D eigenvalue weighted by Gasteiger charge is 2.28. The minimum Gasteiger partial charge on any atom is -0.373 e. The van der Waals surface area contributed by atoms with E-state index in [4.69, 9.17) is 9.97 Å². The van der Waals surface area contributed by atoms with Gasteiger partial charge in [-0.3, -0.25) is 4.79 Å². The van der Waals surface area contributed by atoms with Crippen molar-refractivity contribution in [2.45, 2.75) is 45.1 Å². The van der Waals surface area contributed by atoms with E-state index in [2.05, 4.69) is 40.5 Å². The lowest BCUT2D eigenvalue weighted by Crippen LogP contribution is -2.38. The maximum atomic E-state index is 11.8. The average Bonchev–Trinajstić information content (AvgIpc) is 2.77. The summed E-state index contributed by atoms with van der Waals surface area (Å²) in [6.07, 6.45) is 4.22. The molecule has 4 rings (SSSR count). The number of piperidine rings is 1. The van der Waals surface area contributed by atoms with Crippen molar-refractivity contribution in [3.8, 4) is 0 Å². The van der Waals surface area contributed by atoms with Crippen LogP contribution in [0.25, 0.3) is 0 Å². The fourth-order valence-corrected chi connectivity index (χ4v) is 4.49. The first-order chi connectivity index (χ1) is 14.1. The summed E-state index contributed by atoms with van der Waals surface area (Å²) in [4.78, 5) is 26.1. The van der Waals surface area contributed by atoms with Crippen LogP contribution in [-0.4, -0.2) is 58.9 Å². The summed E-state index contributed by atoms with van der Waals surface area (Å²) in [5, 5.41) is 3.25. The van der Waals surface area contributed by atoms with Crippen LogP contribution in [0.2, 0.25) is 0 Å². The third kappa shape index (κ3) is 4.58. The molecule has 154 valence electrons. The molecule has 1 aromatic heterocycles. The third-order valence-electron chi connectivity index (χ3n) is 6.19. The molecule has 0 spiro atoms. The van der Waals surface area contributed by atoms with E-state index in [1.165, 1.54) is 12.0 Å². The van der Waals surface area contributed by atoms with E-state index in [-0.39, 0.29) is 5.91 Å². The van der Waals surface area contributed by atoms with Crippen LogP contribution in [-0.2, 0) is 24.2 Å². The predicted octanol–water partition coefficient (Wildman–Crippen LogP) is 2.85. The van der Waals surface area contributed by atoms with Gasteiger partial charge in [0.1, 0.15) is 11.6 Å². The fraction of sp³-hybridized carbons (Fsp3) is 0.522. The molecule has 0 radical (unpaired) electrons. The number of hydrogen-bond donors (Lipinski definition) is 1. The van der Waals surface area contributed by atoms with E-state index in [0.717, 1.165) is 68.3 Å². The lowest BCUT2D eigenvalue weighted by Gasteiger charge is -2.33. The van der Waals surface area contributed by atoms with Gasteiger partial charge in [-0.05, 0) is 31.4 Å². The standard InChI is InChI=1S/C23H31N5O/c1-17(29)28-14-11-21-20(16-28)23(24-2)26-22(25-21)19-9-6-12-27(15-19)13-10-18-7-4-3-5-8-18/h3-5,7-8,19H,6,9-16H2,1-2H3,(H,24,25,26)/t19-/m0/s1. The molecule has 3 heterocycles. The first kappa shape index (κ1) is 19.8. The van der Waals surface area contributed by atoms with Gasteiger partial charge in [0.25, 0.3) is 0 Å². The Morgan fingerprint density at radius 1 is 1.21 bits per heavy atom. The zero-order valence-electron chi connectivity index (χ0n) is 17.5. The van der Waals surface area contributed by atoms with Crippen molar-refractivity contribution >= 4 is 11.7 Å². The van der Waals surface area contributed by atoms with Gasteiger partial charge in [-0.1, -0.05) is 30.3 Å². The van der Waals surface area contributed by atoms with Gasteiger partial charge in [0, 0.05) is 51.5 Å². The summed E-state index contributed by atoms with van der Waals surface area (Å²) in [6, 6.07) is 10.7. The van der Waals surface area contributed by atoms with Crippen molar-refractivity contribution in [1.82, 2.24) is 19.8 Å². The fourth-order valence-electron chi connectivity index (χ4n) is 4.49. The van der Waals surface area contributed by atoms with Gasteiger partial charge in [0.05, 0.1) is 12.2 Å². The molecule has 6 nitrogen and oxygen atoms in total. The third-order valence-corrected chi connectivity index (χ3v) is 6.19. The molecule has 2 aliphatic rings. The van der Waals surface area contributed by atoms with Crippen molar-refractivity contribution in [2.75, 3.05) is 38.5 Å². The van der Waals surface area contributed by atoms with Gasteiger partial charge in [-0.25, -0.2) is 9.97 Å². The number of anilines is 1. The predicted molar refractivity (Wildman–Crippen MR) is 115 cm³/mol. The number of hydrogen-bond acceptors (Lipinski definition) is 5. The summed E-state index contributed by atoms with van der Waals surface area (Å²) >= 11 is 0. The van der Waals surface area contributed by atoms with Crippen LogP contribution in [0.1, 0.15) is 48.3 Å². The molecule has 1 amide bonds. The molecule has 1 fully saturated rings. The Kier molecular flexibility index (Phi) is 6.09. The lowest BCUT2D eigenvalue weighted by molar-refractivity contribution is -0.129. The summed E-state index contributed by atoms with van der Waals surface area (Å²) in [6.45, 7) is 6.24. The molecule has 0 bridgehead atoms. The SMILES string of the molecule is CNc1nc([C@H]2CCCN(CCc3ccccc3)C2)nc2c1CN(C(C)=O)CC2.